The number of aromatic amines is 1. The Morgan fingerprint density at radius 1 is 1.09 bits per heavy atom. The molecule has 162 valence electrons. The molecule has 4 rings (SSSR count). The number of sulfonamides is 1. The summed E-state index contributed by atoms with van der Waals surface area (Å²) >= 11 is 0. The van der Waals surface area contributed by atoms with Crippen molar-refractivity contribution in [1.82, 2.24) is 14.6 Å². The van der Waals surface area contributed by atoms with E-state index in [1.54, 1.807) is 18.2 Å². The summed E-state index contributed by atoms with van der Waals surface area (Å²) in [6.45, 7) is 3.85. The van der Waals surface area contributed by atoms with Crippen molar-refractivity contribution in [3.8, 4) is 28.5 Å². The molecule has 0 saturated heterocycles. The number of nitriles is 1. The number of rotatable bonds is 5. The van der Waals surface area contributed by atoms with E-state index in [9.17, 15) is 18.5 Å². The fourth-order valence-corrected chi connectivity index (χ4v) is 4.23. The average molecular weight is 448 g/mol. The minimum Gasteiger partial charge on any atom is -0.295 e. The number of hydrogen-bond acceptors (Lipinski definition) is 5. The van der Waals surface area contributed by atoms with Crippen molar-refractivity contribution < 1.29 is 8.42 Å². The summed E-state index contributed by atoms with van der Waals surface area (Å²) in [6.07, 6.45) is 2.57. The number of H-pyrrole nitrogens is 1. The molecule has 0 saturated carbocycles. The first-order valence-electron chi connectivity index (χ1n) is 9.90. The quantitative estimate of drug-likeness (QED) is 0.483. The van der Waals surface area contributed by atoms with E-state index < -0.39 is 10.0 Å². The topological polar surface area (TPSA) is 120 Å². The first kappa shape index (κ1) is 21.3. The number of hydrogen-bond donors (Lipinski definition) is 2. The van der Waals surface area contributed by atoms with E-state index in [-0.39, 0.29) is 22.7 Å². The number of anilines is 1. The van der Waals surface area contributed by atoms with Crippen molar-refractivity contribution in [2.75, 3.05) is 11.0 Å². The van der Waals surface area contributed by atoms with E-state index in [2.05, 4.69) is 20.9 Å². The number of nitrogens with zero attached hydrogens (tertiary/aromatic N) is 3. The highest BCUT2D eigenvalue weighted by Gasteiger charge is 2.20. The Morgan fingerprint density at radius 3 is 2.41 bits per heavy atom. The van der Waals surface area contributed by atoms with Gasteiger partial charge in [0.05, 0.1) is 11.9 Å². The summed E-state index contributed by atoms with van der Waals surface area (Å²) in [5, 5.41) is 12.2. The van der Waals surface area contributed by atoms with Gasteiger partial charge in [0.25, 0.3) is 5.56 Å². The summed E-state index contributed by atoms with van der Waals surface area (Å²) in [4.78, 5) is 17.8. The standard InChI is InChI=1S/C23H21N5O3S/c1-14(2)20-21(26-22-18(12-24)13-25-28(22)23(20)29)17-8-4-6-15(10-17)16-7-5-9-19(11-16)27-32(3,30)31/h4-11,13-14,25,27H,1-3H3. The van der Waals surface area contributed by atoms with Crippen LogP contribution in [0.25, 0.3) is 28.0 Å². The average Bonchev–Trinajstić information content (AvgIpc) is 3.16. The normalized spacial score (nSPS) is 11.6. The lowest BCUT2D eigenvalue weighted by molar-refractivity contribution is 0.607. The van der Waals surface area contributed by atoms with Gasteiger partial charge in [-0.15, -0.1) is 0 Å². The number of benzene rings is 2. The van der Waals surface area contributed by atoms with Crippen molar-refractivity contribution in [2.45, 2.75) is 19.8 Å². The second-order valence-corrected chi connectivity index (χ2v) is 9.58. The molecule has 8 nitrogen and oxygen atoms in total. The van der Waals surface area contributed by atoms with Crippen molar-refractivity contribution in [2.24, 2.45) is 0 Å². The first-order chi connectivity index (χ1) is 15.2. The molecule has 0 atom stereocenters. The summed E-state index contributed by atoms with van der Waals surface area (Å²) in [5.74, 6) is -0.0957. The van der Waals surface area contributed by atoms with Crippen LogP contribution in [0.2, 0.25) is 0 Å². The Hall–Kier alpha value is -3.90. The summed E-state index contributed by atoms with van der Waals surface area (Å²) in [5.41, 5.74) is 4.23. The Kier molecular flexibility index (Phi) is 5.32. The third-order valence-electron chi connectivity index (χ3n) is 5.03. The van der Waals surface area contributed by atoms with Crippen LogP contribution in [0.3, 0.4) is 0 Å². The monoisotopic (exact) mass is 447 g/mol. The Morgan fingerprint density at radius 2 is 1.75 bits per heavy atom. The van der Waals surface area contributed by atoms with Gasteiger partial charge < -0.3 is 0 Å². The maximum atomic E-state index is 13.1. The third kappa shape index (κ3) is 4.00. The minimum absolute atomic E-state index is 0.0957. The van der Waals surface area contributed by atoms with Crippen LogP contribution in [0.1, 0.15) is 30.9 Å². The van der Waals surface area contributed by atoms with Crippen LogP contribution >= 0.6 is 0 Å². The zero-order chi connectivity index (χ0) is 23.0. The zero-order valence-electron chi connectivity index (χ0n) is 17.7. The van der Waals surface area contributed by atoms with Gasteiger partial charge in [0.1, 0.15) is 11.6 Å². The number of fused-ring (bicyclic) bond motifs is 1. The molecule has 0 amide bonds. The lowest BCUT2D eigenvalue weighted by atomic mass is 9.95. The van der Waals surface area contributed by atoms with Gasteiger partial charge in [-0.1, -0.05) is 44.2 Å². The fraction of sp³-hybridized carbons (Fsp3) is 0.174. The molecular formula is C23H21N5O3S. The van der Waals surface area contributed by atoms with Gasteiger partial charge in [0, 0.05) is 23.0 Å². The van der Waals surface area contributed by atoms with Gasteiger partial charge >= 0.3 is 0 Å². The Balaban J connectivity index is 1.89. The highest BCUT2D eigenvalue weighted by atomic mass is 32.2. The highest BCUT2D eigenvalue weighted by Crippen LogP contribution is 2.30. The molecule has 0 aliphatic heterocycles. The largest absolute Gasteiger partial charge is 0.295 e. The molecule has 9 heteroatoms. The van der Waals surface area contributed by atoms with Crippen LogP contribution in [-0.2, 0) is 10.0 Å². The Labute approximate surface area is 185 Å². The number of aromatic nitrogens is 3. The van der Waals surface area contributed by atoms with Crippen LogP contribution in [0.5, 0.6) is 0 Å². The SMILES string of the molecule is CC(C)c1c(-c2cccc(-c3cccc(NS(C)(=O)=O)c3)c2)nc2c(C#N)c[nH]n2c1=O. The van der Waals surface area contributed by atoms with Gasteiger partial charge in [-0.2, -0.15) is 5.26 Å². The minimum atomic E-state index is -3.40. The van der Waals surface area contributed by atoms with Gasteiger partial charge in [-0.3, -0.25) is 14.6 Å². The smallest absolute Gasteiger partial charge is 0.276 e. The lowest BCUT2D eigenvalue weighted by Crippen LogP contribution is -2.22. The molecule has 32 heavy (non-hydrogen) atoms. The molecule has 0 radical (unpaired) electrons. The molecule has 0 unspecified atom stereocenters. The predicted molar refractivity (Wildman–Crippen MR) is 124 cm³/mol. The van der Waals surface area contributed by atoms with E-state index in [0.29, 0.717) is 16.9 Å². The summed E-state index contributed by atoms with van der Waals surface area (Å²) in [6, 6.07) is 16.7. The van der Waals surface area contributed by atoms with Crippen LogP contribution in [0.4, 0.5) is 5.69 Å². The second-order valence-electron chi connectivity index (χ2n) is 7.83. The lowest BCUT2D eigenvalue weighted by Gasteiger charge is -2.13. The maximum Gasteiger partial charge on any atom is 0.276 e. The second kappa shape index (κ2) is 7.98. The molecule has 0 bridgehead atoms. The van der Waals surface area contributed by atoms with Crippen LogP contribution in [-0.4, -0.2) is 29.3 Å². The maximum absolute atomic E-state index is 13.1. The molecule has 0 spiro atoms. The van der Waals surface area contributed by atoms with Crippen molar-refractivity contribution >= 4 is 21.4 Å². The first-order valence-corrected chi connectivity index (χ1v) is 11.8. The van der Waals surface area contributed by atoms with Crippen LogP contribution < -0.4 is 10.3 Å². The summed E-state index contributed by atoms with van der Waals surface area (Å²) < 4.78 is 26.9. The van der Waals surface area contributed by atoms with Crippen molar-refractivity contribution in [3.05, 3.63) is 76.2 Å². The number of nitrogens with one attached hydrogen (secondary N) is 2. The Bertz CT molecular complexity index is 1540. The molecule has 0 fully saturated rings. The van der Waals surface area contributed by atoms with Gasteiger partial charge in [0.15, 0.2) is 5.65 Å². The van der Waals surface area contributed by atoms with E-state index in [1.807, 2.05) is 44.2 Å². The molecule has 4 aromatic rings. The van der Waals surface area contributed by atoms with Gasteiger partial charge in [-0.25, -0.2) is 17.9 Å². The molecule has 2 aromatic carbocycles. The van der Waals surface area contributed by atoms with E-state index >= 15 is 0 Å². The molecule has 0 aliphatic carbocycles. The fourth-order valence-electron chi connectivity index (χ4n) is 3.67. The van der Waals surface area contributed by atoms with Crippen LogP contribution in [0, 0.1) is 11.3 Å². The third-order valence-corrected chi connectivity index (χ3v) is 5.64. The van der Waals surface area contributed by atoms with Gasteiger partial charge in [0.2, 0.25) is 10.0 Å². The summed E-state index contributed by atoms with van der Waals surface area (Å²) in [7, 11) is -3.40. The zero-order valence-corrected chi connectivity index (χ0v) is 18.6. The predicted octanol–water partition coefficient (Wildman–Crippen LogP) is 3.72. The van der Waals surface area contributed by atoms with E-state index in [0.717, 1.165) is 22.9 Å². The molecule has 2 heterocycles. The molecule has 2 aromatic heterocycles. The highest BCUT2D eigenvalue weighted by molar-refractivity contribution is 7.92. The van der Waals surface area contributed by atoms with Crippen molar-refractivity contribution in [1.29, 1.82) is 5.26 Å². The van der Waals surface area contributed by atoms with E-state index in [4.69, 9.17) is 0 Å². The molecule has 2 N–H and O–H groups in total. The molecule has 0 aliphatic rings. The molecular weight excluding hydrogens is 426 g/mol. The van der Waals surface area contributed by atoms with Crippen molar-refractivity contribution in [3.63, 3.8) is 0 Å². The van der Waals surface area contributed by atoms with Crippen LogP contribution in [0.15, 0.2) is 59.5 Å². The van der Waals surface area contributed by atoms with Gasteiger partial charge in [-0.05, 0) is 35.2 Å². The van der Waals surface area contributed by atoms with E-state index in [1.165, 1.54) is 10.7 Å².